The molecule has 4 nitrogen and oxygen atoms in total. The first kappa shape index (κ1) is 12.5. The van der Waals surface area contributed by atoms with Gasteiger partial charge in [0.2, 0.25) is 0 Å². The number of nitrogen functional groups attached to an aromatic ring is 1. The van der Waals surface area contributed by atoms with E-state index in [0.29, 0.717) is 5.41 Å². The number of hydrogen-bond acceptors (Lipinski definition) is 3. The van der Waals surface area contributed by atoms with Crippen LogP contribution in [0.25, 0.3) is 0 Å². The number of rotatable bonds is 3. The second-order valence-electron chi connectivity index (χ2n) is 7.83. The van der Waals surface area contributed by atoms with Crippen LogP contribution in [0.1, 0.15) is 44.3 Å². The Kier molecular flexibility index (Phi) is 2.60. The molecule has 4 heteroatoms. The van der Waals surface area contributed by atoms with Gasteiger partial charge in [0.05, 0.1) is 0 Å². The van der Waals surface area contributed by atoms with Crippen LogP contribution in [0, 0.1) is 30.1 Å². The predicted molar refractivity (Wildman–Crippen MR) is 81.6 cm³/mol. The fourth-order valence-electron chi connectivity index (χ4n) is 5.85. The lowest BCUT2D eigenvalue weighted by atomic mass is 9.49. The highest BCUT2D eigenvalue weighted by Gasteiger charge is 2.51. The summed E-state index contributed by atoms with van der Waals surface area (Å²) in [5, 5.41) is 0. The van der Waals surface area contributed by atoms with Gasteiger partial charge in [0.1, 0.15) is 11.6 Å². The average Bonchev–Trinajstić information content (AvgIpc) is 2.66. The first-order chi connectivity index (χ1) is 9.53. The summed E-state index contributed by atoms with van der Waals surface area (Å²) < 4.78 is 0. The van der Waals surface area contributed by atoms with Gasteiger partial charge in [-0.15, -0.1) is 0 Å². The van der Waals surface area contributed by atoms with Crippen LogP contribution in [0.3, 0.4) is 0 Å². The first-order valence-electron chi connectivity index (χ1n) is 8.06. The smallest absolute Gasteiger partial charge is 0.171 e. The summed E-state index contributed by atoms with van der Waals surface area (Å²) in [6.45, 7) is 3.10. The molecule has 0 spiro atoms. The van der Waals surface area contributed by atoms with Crippen molar-refractivity contribution in [3.8, 4) is 0 Å². The third-order valence-corrected chi connectivity index (χ3v) is 5.93. The zero-order chi connectivity index (χ0) is 13.9. The van der Waals surface area contributed by atoms with Gasteiger partial charge in [0.25, 0.3) is 0 Å². The van der Waals surface area contributed by atoms with Crippen LogP contribution < -0.4 is 10.6 Å². The second-order valence-corrected chi connectivity index (χ2v) is 7.83. The lowest BCUT2D eigenvalue weighted by Crippen LogP contribution is -2.50. The molecule has 20 heavy (non-hydrogen) atoms. The number of nitrogens with two attached hydrogens (primary N) is 1. The minimum atomic E-state index is 0.544. The number of nitrogens with one attached hydrogen (secondary N) is 1. The van der Waals surface area contributed by atoms with E-state index in [0.717, 1.165) is 41.8 Å². The molecule has 0 radical (unpaired) electrons. The number of anilines is 2. The highest BCUT2D eigenvalue weighted by atomic mass is 15.2. The molecular weight excluding hydrogens is 248 g/mol. The molecule has 4 fully saturated rings. The van der Waals surface area contributed by atoms with Gasteiger partial charge < -0.3 is 15.6 Å². The summed E-state index contributed by atoms with van der Waals surface area (Å²) in [4.78, 5) is 9.97. The van der Waals surface area contributed by atoms with Gasteiger partial charge >= 0.3 is 0 Å². The highest BCUT2D eigenvalue weighted by molar-refractivity contribution is 5.58. The Hall–Kier alpha value is -1.19. The Morgan fingerprint density at radius 1 is 1.20 bits per heavy atom. The van der Waals surface area contributed by atoms with E-state index >= 15 is 0 Å². The third kappa shape index (κ3) is 1.92. The van der Waals surface area contributed by atoms with Crippen LogP contribution in [0.2, 0.25) is 0 Å². The Labute approximate surface area is 121 Å². The summed E-state index contributed by atoms with van der Waals surface area (Å²) in [7, 11) is 2.16. The molecule has 110 valence electrons. The predicted octanol–water partition coefficient (Wildman–Crippen LogP) is 2.95. The molecule has 5 rings (SSSR count). The van der Waals surface area contributed by atoms with E-state index < -0.39 is 0 Å². The number of nitrogens with zero attached hydrogens (tertiary/aromatic N) is 2. The van der Waals surface area contributed by atoms with Crippen molar-refractivity contribution in [3.63, 3.8) is 0 Å². The van der Waals surface area contributed by atoms with Crippen LogP contribution in [0.5, 0.6) is 0 Å². The number of aromatic amines is 1. The zero-order valence-electron chi connectivity index (χ0n) is 12.7. The van der Waals surface area contributed by atoms with Gasteiger partial charge in [-0.2, -0.15) is 0 Å². The maximum atomic E-state index is 6.05. The van der Waals surface area contributed by atoms with Crippen LogP contribution >= 0.6 is 0 Å². The van der Waals surface area contributed by atoms with Crippen molar-refractivity contribution in [2.45, 2.75) is 45.4 Å². The topological polar surface area (TPSA) is 57.9 Å². The molecule has 4 aliphatic rings. The molecule has 0 unspecified atom stereocenters. The standard InChI is InChI=1S/C16H26N4/c1-10-18-14(17)15(19-10)20(2)9-16-6-11-3-12(7-16)5-13(4-11)8-16/h11-13H,3-9,17H2,1-2H3,(H,18,19). The molecule has 0 saturated heterocycles. The van der Waals surface area contributed by atoms with E-state index in [1.165, 1.54) is 38.5 Å². The van der Waals surface area contributed by atoms with E-state index in [1.54, 1.807) is 0 Å². The minimum absolute atomic E-state index is 0.544. The third-order valence-electron chi connectivity index (χ3n) is 5.93. The van der Waals surface area contributed by atoms with Crippen LogP contribution in [0.4, 0.5) is 11.6 Å². The molecule has 0 aliphatic heterocycles. The average molecular weight is 274 g/mol. The molecule has 1 heterocycles. The Morgan fingerprint density at radius 3 is 2.20 bits per heavy atom. The molecule has 4 aliphatic carbocycles. The fraction of sp³-hybridized carbons (Fsp3) is 0.812. The Morgan fingerprint density at radius 2 is 1.75 bits per heavy atom. The summed E-state index contributed by atoms with van der Waals surface area (Å²) in [5.41, 5.74) is 6.59. The van der Waals surface area contributed by atoms with Crippen LogP contribution in [-0.2, 0) is 0 Å². The fourth-order valence-corrected chi connectivity index (χ4v) is 5.85. The molecule has 4 saturated carbocycles. The van der Waals surface area contributed by atoms with E-state index in [4.69, 9.17) is 5.73 Å². The van der Waals surface area contributed by atoms with Gasteiger partial charge in [-0.25, -0.2) is 4.98 Å². The van der Waals surface area contributed by atoms with Gasteiger partial charge in [-0.05, 0) is 68.6 Å². The van der Waals surface area contributed by atoms with Gasteiger partial charge in [0, 0.05) is 13.6 Å². The monoisotopic (exact) mass is 274 g/mol. The molecule has 0 aromatic carbocycles. The molecular formula is C16H26N4. The Balaban J connectivity index is 1.55. The van der Waals surface area contributed by atoms with Crippen molar-refractivity contribution in [1.82, 2.24) is 9.97 Å². The van der Waals surface area contributed by atoms with Gasteiger partial charge in [-0.1, -0.05) is 0 Å². The van der Waals surface area contributed by atoms with Crippen molar-refractivity contribution in [1.29, 1.82) is 0 Å². The Bertz CT molecular complexity index is 483. The largest absolute Gasteiger partial charge is 0.382 e. The molecule has 1 aromatic heterocycles. The SMILES string of the molecule is Cc1nc(N(C)CC23CC4CC(CC(C4)C2)C3)c(N)[nH]1. The van der Waals surface area contributed by atoms with Crippen LogP contribution in [0.15, 0.2) is 0 Å². The zero-order valence-corrected chi connectivity index (χ0v) is 12.7. The molecule has 4 bridgehead atoms. The normalized spacial score (nSPS) is 38.4. The number of aryl methyl sites for hydroxylation is 1. The van der Waals surface area contributed by atoms with E-state index in [1.807, 2.05) is 6.92 Å². The summed E-state index contributed by atoms with van der Waals surface area (Å²) in [5.74, 6) is 5.59. The van der Waals surface area contributed by atoms with Crippen molar-refractivity contribution < 1.29 is 0 Å². The number of hydrogen-bond donors (Lipinski definition) is 2. The van der Waals surface area contributed by atoms with Gasteiger partial charge in [0.15, 0.2) is 5.82 Å². The van der Waals surface area contributed by atoms with E-state index in [2.05, 4.69) is 21.9 Å². The minimum Gasteiger partial charge on any atom is -0.382 e. The summed E-state index contributed by atoms with van der Waals surface area (Å²) >= 11 is 0. The maximum Gasteiger partial charge on any atom is 0.171 e. The maximum absolute atomic E-state index is 6.05. The quantitative estimate of drug-likeness (QED) is 0.891. The number of H-pyrrole nitrogens is 1. The van der Waals surface area contributed by atoms with Crippen LogP contribution in [-0.4, -0.2) is 23.6 Å². The first-order valence-corrected chi connectivity index (χ1v) is 8.06. The van der Waals surface area contributed by atoms with Crippen molar-refractivity contribution in [2.24, 2.45) is 23.2 Å². The lowest BCUT2D eigenvalue weighted by Gasteiger charge is -2.57. The van der Waals surface area contributed by atoms with Crippen molar-refractivity contribution >= 4 is 11.6 Å². The van der Waals surface area contributed by atoms with E-state index in [-0.39, 0.29) is 0 Å². The second kappa shape index (κ2) is 4.15. The number of aromatic nitrogens is 2. The molecule has 3 N–H and O–H groups in total. The lowest BCUT2D eigenvalue weighted by molar-refractivity contribution is -0.0472. The summed E-state index contributed by atoms with van der Waals surface area (Å²) in [6.07, 6.45) is 8.83. The molecule has 1 aromatic rings. The van der Waals surface area contributed by atoms with E-state index in [9.17, 15) is 0 Å². The molecule has 0 amide bonds. The van der Waals surface area contributed by atoms with Crippen molar-refractivity contribution in [3.05, 3.63) is 5.82 Å². The molecule has 0 atom stereocenters. The number of imidazole rings is 1. The summed E-state index contributed by atoms with van der Waals surface area (Å²) in [6, 6.07) is 0. The van der Waals surface area contributed by atoms with Gasteiger partial charge in [-0.3, -0.25) is 0 Å². The highest BCUT2D eigenvalue weighted by Crippen LogP contribution is 2.60. The van der Waals surface area contributed by atoms with Crippen molar-refractivity contribution in [2.75, 3.05) is 24.2 Å².